The minimum atomic E-state index is -0.855. The lowest BCUT2D eigenvalue weighted by Gasteiger charge is -2.36. The van der Waals surface area contributed by atoms with Crippen LogP contribution in [0.1, 0.15) is 5.56 Å². The Morgan fingerprint density at radius 1 is 1.17 bits per heavy atom. The molecule has 0 saturated carbocycles. The topological polar surface area (TPSA) is 115 Å². The molecule has 0 atom stereocenters. The molecule has 0 bridgehead atoms. The molecule has 0 unspecified atom stereocenters. The van der Waals surface area contributed by atoms with Crippen molar-refractivity contribution in [3.05, 3.63) is 74.2 Å². The monoisotopic (exact) mass is 402 g/mol. The number of nitro groups is 1. The summed E-state index contributed by atoms with van der Waals surface area (Å²) in [5, 5.41) is 14.3. The third kappa shape index (κ3) is 4.41. The maximum Gasteiger partial charge on any atom is 0.273 e. The van der Waals surface area contributed by atoms with Crippen LogP contribution in [0, 0.1) is 21.7 Å². The maximum absolute atomic E-state index is 14.3. The molecule has 1 aliphatic rings. The van der Waals surface area contributed by atoms with Gasteiger partial charge in [-0.15, -0.1) is 0 Å². The fourth-order valence-corrected chi connectivity index (χ4v) is 3.26. The first-order valence-corrected chi connectivity index (χ1v) is 8.70. The highest BCUT2D eigenvalue weighted by atomic mass is 19.1. The number of rotatable bonds is 5. The van der Waals surface area contributed by atoms with Crippen LogP contribution in [-0.4, -0.2) is 41.9 Å². The second-order valence-electron chi connectivity index (χ2n) is 6.38. The van der Waals surface area contributed by atoms with Gasteiger partial charge in [-0.3, -0.25) is 14.9 Å². The number of amides is 1. The number of azide groups is 1. The lowest BCUT2D eigenvalue weighted by molar-refractivity contribution is -0.385. The zero-order valence-corrected chi connectivity index (χ0v) is 15.2. The van der Waals surface area contributed by atoms with Gasteiger partial charge in [0, 0.05) is 48.4 Å². The summed E-state index contributed by atoms with van der Waals surface area (Å²) in [5.74, 6) is -2.00. The van der Waals surface area contributed by atoms with Crippen LogP contribution in [0.3, 0.4) is 0 Å². The van der Waals surface area contributed by atoms with E-state index in [-0.39, 0.29) is 55.6 Å². The molecule has 2 aromatic rings. The average molecular weight is 402 g/mol. The average Bonchev–Trinajstić information content (AvgIpc) is 2.68. The zero-order chi connectivity index (χ0) is 21.0. The third-order valence-corrected chi connectivity index (χ3v) is 4.64. The van der Waals surface area contributed by atoms with Crippen molar-refractivity contribution in [2.45, 2.75) is 6.42 Å². The molecule has 9 nitrogen and oxygen atoms in total. The molecule has 29 heavy (non-hydrogen) atoms. The number of anilines is 1. The largest absolute Gasteiger partial charge is 0.363 e. The van der Waals surface area contributed by atoms with Crippen LogP contribution in [0.15, 0.2) is 41.5 Å². The van der Waals surface area contributed by atoms with Gasteiger partial charge >= 0.3 is 0 Å². The van der Waals surface area contributed by atoms with Gasteiger partial charge in [-0.2, -0.15) is 0 Å². The van der Waals surface area contributed by atoms with Gasteiger partial charge in [0.25, 0.3) is 5.69 Å². The molecule has 3 rings (SSSR count). The summed E-state index contributed by atoms with van der Waals surface area (Å²) in [4.78, 5) is 28.6. The fourth-order valence-electron chi connectivity index (χ4n) is 3.26. The second-order valence-corrected chi connectivity index (χ2v) is 6.38. The number of halogens is 2. The Morgan fingerprint density at radius 3 is 2.38 bits per heavy atom. The number of carbonyl (C=O) groups is 1. The molecule has 2 aromatic carbocycles. The van der Waals surface area contributed by atoms with Crippen LogP contribution in [0.25, 0.3) is 10.4 Å². The van der Waals surface area contributed by atoms with E-state index in [1.165, 1.54) is 28.0 Å². The minimum Gasteiger partial charge on any atom is -0.363 e. The van der Waals surface area contributed by atoms with Crippen LogP contribution in [0.2, 0.25) is 0 Å². The second kappa shape index (κ2) is 8.53. The summed E-state index contributed by atoms with van der Waals surface area (Å²) in [6, 6.07) is 7.92. The number of para-hydroxylation sites is 1. The van der Waals surface area contributed by atoms with Crippen LogP contribution in [-0.2, 0) is 11.2 Å². The molecule has 1 heterocycles. The Bertz CT molecular complexity index is 978. The quantitative estimate of drug-likeness (QED) is 0.249. The molecule has 0 N–H and O–H groups in total. The van der Waals surface area contributed by atoms with E-state index in [1.54, 1.807) is 6.07 Å². The summed E-state index contributed by atoms with van der Waals surface area (Å²) < 4.78 is 28.5. The first kappa shape index (κ1) is 20.0. The van der Waals surface area contributed by atoms with Crippen molar-refractivity contribution in [2.24, 2.45) is 5.11 Å². The van der Waals surface area contributed by atoms with Gasteiger partial charge in [0.05, 0.1) is 11.3 Å². The molecule has 0 spiro atoms. The molecule has 150 valence electrons. The maximum atomic E-state index is 14.3. The molecular weight excluding hydrogens is 386 g/mol. The molecule has 11 heteroatoms. The lowest BCUT2D eigenvalue weighted by Crippen LogP contribution is -2.49. The van der Waals surface area contributed by atoms with E-state index in [4.69, 9.17) is 5.53 Å². The number of nitrogens with zero attached hydrogens (tertiary/aromatic N) is 6. The molecule has 1 fully saturated rings. The minimum absolute atomic E-state index is 0.122. The molecular formula is C18H16F2N6O3. The van der Waals surface area contributed by atoms with E-state index in [0.717, 1.165) is 12.1 Å². The summed E-state index contributed by atoms with van der Waals surface area (Å²) in [7, 11) is 0. The van der Waals surface area contributed by atoms with Crippen molar-refractivity contribution < 1.29 is 18.5 Å². The first-order valence-electron chi connectivity index (χ1n) is 8.70. The van der Waals surface area contributed by atoms with Crippen molar-refractivity contribution in [2.75, 3.05) is 31.1 Å². The Balaban J connectivity index is 1.67. The van der Waals surface area contributed by atoms with E-state index in [0.29, 0.717) is 5.56 Å². The molecule has 0 aliphatic carbocycles. The summed E-state index contributed by atoms with van der Waals surface area (Å²) in [6.45, 7) is 0.821. The smallest absolute Gasteiger partial charge is 0.273 e. The van der Waals surface area contributed by atoms with Crippen LogP contribution in [0.5, 0.6) is 0 Å². The van der Waals surface area contributed by atoms with Gasteiger partial charge in [-0.25, -0.2) is 8.78 Å². The van der Waals surface area contributed by atoms with Crippen molar-refractivity contribution in [3.8, 4) is 0 Å². The predicted molar refractivity (Wildman–Crippen MR) is 101 cm³/mol. The number of benzene rings is 2. The van der Waals surface area contributed by atoms with Crippen LogP contribution >= 0.6 is 0 Å². The number of piperazine rings is 1. The summed E-state index contributed by atoms with van der Waals surface area (Å²) >= 11 is 0. The Morgan fingerprint density at radius 2 is 1.79 bits per heavy atom. The number of hydrogen-bond donors (Lipinski definition) is 0. The normalized spacial score (nSPS) is 13.7. The summed E-state index contributed by atoms with van der Waals surface area (Å²) in [6.07, 6.45) is -0.124. The van der Waals surface area contributed by atoms with E-state index < -0.39 is 16.6 Å². The van der Waals surface area contributed by atoms with Crippen LogP contribution < -0.4 is 4.90 Å². The molecule has 0 radical (unpaired) electrons. The van der Waals surface area contributed by atoms with Crippen molar-refractivity contribution >= 4 is 23.0 Å². The molecule has 1 amide bonds. The predicted octanol–water partition coefficient (Wildman–Crippen LogP) is 3.71. The number of hydrogen-bond acceptors (Lipinski definition) is 5. The van der Waals surface area contributed by atoms with Gasteiger partial charge in [0.1, 0.15) is 17.3 Å². The standard InChI is InChI=1S/C18H16F2N6O3/c19-14-10-13(22-23-21)11-15(20)18(14)25-7-5-24(6-8-25)17(27)9-12-3-1-2-4-16(12)26(28)29/h1-4,10-11H,5-9H2. The fraction of sp³-hybridized carbons (Fsp3) is 0.278. The van der Waals surface area contributed by atoms with E-state index in [9.17, 15) is 23.7 Å². The Hall–Kier alpha value is -3.72. The van der Waals surface area contributed by atoms with Crippen molar-refractivity contribution in [3.63, 3.8) is 0 Å². The SMILES string of the molecule is [N-]=[N+]=Nc1cc(F)c(N2CCN(C(=O)Cc3ccccc3[N+](=O)[O-])CC2)c(F)c1. The first-order chi connectivity index (χ1) is 13.9. The zero-order valence-electron chi connectivity index (χ0n) is 15.2. The van der Waals surface area contributed by atoms with Gasteiger partial charge in [0.15, 0.2) is 0 Å². The lowest BCUT2D eigenvalue weighted by atomic mass is 10.1. The van der Waals surface area contributed by atoms with Gasteiger partial charge in [0.2, 0.25) is 5.91 Å². The van der Waals surface area contributed by atoms with E-state index >= 15 is 0 Å². The molecule has 0 aromatic heterocycles. The van der Waals surface area contributed by atoms with Gasteiger partial charge in [-0.1, -0.05) is 23.3 Å². The summed E-state index contributed by atoms with van der Waals surface area (Å²) in [5.41, 5.74) is 8.17. The molecule has 1 aliphatic heterocycles. The highest BCUT2D eigenvalue weighted by molar-refractivity contribution is 5.80. The number of carbonyl (C=O) groups excluding carboxylic acids is 1. The van der Waals surface area contributed by atoms with Crippen molar-refractivity contribution in [1.82, 2.24) is 4.90 Å². The van der Waals surface area contributed by atoms with Gasteiger partial charge in [-0.05, 0) is 17.7 Å². The van der Waals surface area contributed by atoms with Crippen molar-refractivity contribution in [1.29, 1.82) is 0 Å². The highest BCUT2D eigenvalue weighted by Crippen LogP contribution is 2.29. The van der Waals surface area contributed by atoms with E-state index in [1.807, 2.05) is 0 Å². The number of nitro benzene ring substituents is 1. The molecule has 1 saturated heterocycles. The van der Waals surface area contributed by atoms with Crippen LogP contribution in [0.4, 0.5) is 25.8 Å². The highest BCUT2D eigenvalue weighted by Gasteiger charge is 2.26. The Labute approximate surface area is 163 Å². The van der Waals surface area contributed by atoms with Gasteiger partial charge < -0.3 is 9.80 Å². The third-order valence-electron chi connectivity index (χ3n) is 4.64. The Kier molecular flexibility index (Phi) is 5.89. The van der Waals surface area contributed by atoms with E-state index in [2.05, 4.69) is 10.0 Å².